The summed E-state index contributed by atoms with van der Waals surface area (Å²) in [5.74, 6) is 0.127. The first-order valence-corrected chi connectivity index (χ1v) is 12.7. The van der Waals surface area contributed by atoms with E-state index in [0.29, 0.717) is 18.6 Å². The predicted octanol–water partition coefficient (Wildman–Crippen LogP) is 5.96. The van der Waals surface area contributed by atoms with E-state index in [0.717, 1.165) is 48.1 Å². The van der Waals surface area contributed by atoms with Gasteiger partial charge in [0.2, 0.25) is 11.5 Å². The molecule has 5 nitrogen and oxygen atoms in total. The summed E-state index contributed by atoms with van der Waals surface area (Å²) in [6.07, 6.45) is 3.86. The molecule has 1 unspecified atom stereocenters. The molecule has 5 rings (SSSR count). The molecule has 6 heteroatoms. The average Bonchev–Trinajstić information content (AvgIpc) is 3.16. The lowest BCUT2D eigenvalue weighted by molar-refractivity contribution is -0.135. The number of halogens is 1. The molecule has 0 saturated carbocycles. The molecule has 1 aromatic heterocycles. The molecule has 1 aliphatic heterocycles. The van der Waals surface area contributed by atoms with Crippen LogP contribution in [0.3, 0.4) is 0 Å². The number of imidazole rings is 1. The van der Waals surface area contributed by atoms with Crippen molar-refractivity contribution in [3.05, 3.63) is 101 Å². The molecule has 3 aromatic carbocycles. The van der Waals surface area contributed by atoms with E-state index < -0.39 is 6.04 Å². The summed E-state index contributed by atoms with van der Waals surface area (Å²) in [4.78, 5) is 16.0. The molecule has 1 fully saturated rings. The van der Waals surface area contributed by atoms with E-state index in [1.54, 1.807) is 0 Å². The van der Waals surface area contributed by atoms with Gasteiger partial charge in [0, 0.05) is 19.5 Å². The average molecular weight is 548 g/mol. The first-order valence-electron chi connectivity index (χ1n) is 12.7. The molecule has 1 N–H and O–H groups in total. The Kier molecular flexibility index (Phi) is 8.14. The van der Waals surface area contributed by atoms with Gasteiger partial charge >= 0.3 is 0 Å². The van der Waals surface area contributed by atoms with E-state index in [1.807, 2.05) is 32.2 Å². The lowest BCUT2D eigenvalue weighted by Gasteiger charge is -2.31. The summed E-state index contributed by atoms with van der Waals surface area (Å²) < 4.78 is 4.01. The summed E-state index contributed by atoms with van der Waals surface area (Å²) in [5, 5.41) is 9.26. The van der Waals surface area contributed by atoms with Gasteiger partial charge in [-0.3, -0.25) is 14.8 Å². The predicted molar refractivity (Wildman–Crippen MR) is 151 cm³/mol. The van der Waals surface area contributed by atoms with Crippen LogP contribution < -0.4 is 5.62 Å². The van der Waals surface area contributed by atoms with Crippen LogP contribution in [0.1, 0.15) is 47.6 Å². The van der Waals surface area contributed by atoms with Gasteiger partial charge in [-0.1, -0.05) is 71.8 Å². The Morgan fingerprint density at radius 3 is 1.97 bits per heavy atom. The minimum Gasteiger partial charge on any atom is -0.341 e. The number of likely N-dealkylation sites (tertiary alicyclic amines) is 1. The Bertz CT molecular complexity index is 1380. The van der Waals surface area contributed by atoms with Crippen molar-refractivity contribution in [3.8, 4) is 0 Å². The van der Waals surface area contributed by atoms with Gasteiger partial charge < -0.3 is 9.47 Å². The second-order valence-corrected chi connectivity index (χ2v) is 9.85. The quantitative estimate of drug-likeness (QED) is 0.318. The monoisotopic (exact) mass is 546 g/mol. The third kappa shape index (κ3) is 5.34. The number of aromatic nitrogens is 2. The molecule has 4 aromatic rings. The number of carbonyl (C=O) groups is 1. The number of fused-ring (bicyclic) bond motifs is 1. The highest BCUT2D eigenvalue weighted by Gasteiger charge is 2.30. The topological polar surface area (TPSA) is 54.0 Å². The maximum atomic E-state index is 14.0. The minimum absolute atomic E-state index is 0. The highest BCUT2D eigenvalue weighted by molar-refractivity contribution is 8.93. The van der Waals surface area contributed by atoms with Crippen LogP contribution in [0.15, 0.2) is 72.8 Å². The molecule has 0 radical (unpaired) electrons. The molecule has 0 aliphatic carbocycles. The molecule has 188 valence electrons. The first-order chi connectivity index (χ1) is 17.0. The molecule has 1 atom stereocenters. The first kappa shape index (κ1) is 26.0. The standard InChI is InChI=1S/C30H34N4O.BrH/c1-22-10-14-24(15-11-22)20-28(29(35)32-18-6-3-7-19-32)34-27-9-5-4-8-26(27)33(30(34)31)21-25-16-12-23(2)13-17-25;/h4-5,8-17,28,31H,3,6-7,18-21H2,1-2H3;1H. The van der Waals surface area contributed by atoms with E-state index in [-0.39, 0.29) is 22.9 Å². The van der Waals surface area contributed by atoms with Crippen molar-refractivity contribution < 1.29 is 4.79 Å². The van der Waals surface area contributed by atoms with Crippen LogP contribution in [0.4, 0.5) is 0 Å². The second-order valence-electron chi connectivity index (χ2n) is 9.85. The summed E-state index contributed by atoms with van der Waals surface area (Å²) in [5.41, 5.74) is 6.98. The zero-order valence-electron chi connectivity index (χ0n) is 21.1. The molecule has 1 amide bonds. The molecule has 0 bridgehead atoms. The fraction of sp³-hybridized carbons (Fsp3) is 0.333. The van der Waals surface area contributed by atoms with Crippen molar-refractivity contribution in [3.63, 3.8) is 0 Å². The van der Waals surface area contributed by atoms with E-state index >= 15 is 0 Å². The number of carbonyl (C=O) groups excluding carboxylic acids is 1. The fourth-order valence-corrected chi connectivity index (χ4v) is 5.17. The number of hydrogen-bond donors (Lipinski definition) is 1. The molecule has 1 aliphatic rings. The minimum atomic E-state index is -0.451. The summed E-state index contributed by atoms with van der Waals surface area (Å²) in [6.45, 7) is 6.37. The summed E-state index contributed by atoms with van der Waals surface area (Å²) >= 11 is 0. The third-order valence-corrected chi connectivity index (χ3v) is 7.19. The molecular weight excluding hydrogens is 512 g/mol. The van der Waals surface area contributed by atoms with Crippen LogP contribution in [0.2, 0.25) is 0 Å². The largest absolute Gasteiger partial charge is 0.341 e. The van der Waals surface area contributed by atoms with Crippen molar-refractivity contribution in [2.24, 2.45) is 0 Å². The van der Waals surface area contributed by atoms with Crippen LogP contribution in [-0.4, -0.2) is 33.0 Å². The summed E-state index contributed by atoms with van der Waals surface area (Å²) in [6, 6.07) is 24.6. The Morgan fingerprint density at radius 2 is 1.36 bits per heavy atom. The Labute approximate surface area is 223 Å². The second kappa shape index (κ2) is 11.3. The maximum Gasteiger partial charge on any atom is 0.246 e. The highest BCUT2D eigenvalue weighted by atomic mass is 79.9. The fourth-order valence-electron chi connectivity index (χ4n) is 5.17. The molecule has 0 spiro atoms. The molecule has 36 heavy (non-hydrogen) atoms. The highest BCUT2D eigenvalue weighted by Crippen LogP contribution is 2.25. The molecule has 2 heterocycles. The SMILES string of the molecule is Br.Cc1ccc(CC(C(=O)N2CCCCC2)n2c(=N)n(Cc3ccc(C)cc3)c3ccccc32)cc1. The van der Waals surface area contributed by atoms with Gasteiger partial charge in [0.15, 0.2) is 0 Å². The van der Waals surface area contributed by atoms with Gasteiger partial charge in [0.1, 0.15) is 6.04 Å². The van der Waals surface area contributed by atoms with Gasteiger partial charge in [-0.25, -0.2) is 0 Å². The summed E-state index contributed by atoms with van der Waals surface area (Å²) in [7, 11) is 0. The van der Waals surface area contributed by atoms with Crippen LogP contribution in [0.25, 0.3) is 11.0 Å². The number of aryl methyl sites for hydroxylation is 2. The number of piperidine rings is 1. The van der Waals surface area contributed by atoms with Crippen LogP contribution in [-0.2, 0) is 17.8 Å². The van der Waals surface area contributed by atoms with Crippen LogP contribution in [0.5, 0.6) is 0 Å². The van der Waals surface area contributed by atoms with E-state index in [9.17, 15) is 10.2 Å². The Hall–Kier alpha value is -3.12. The van der Waals surface area contributed by atoms with Crippen molar-refractivity contribution in [1.82, 2.24) is 14.0 Å². The Morgan fingerprint density at radius 1 is 0.806 bits per heavy atom. The third-order valence-electron chi connectivity index (χ3n) is 7.19. The van der Waals surface area contributed by atoms with Gasteiger partial charge in [0.05, 0.1) is 17.6 Å². The lowest BCUT2D eigenvalue weighted by atomic mass is 10.0. The molecule has 1 saturated heterocycles. The zero-order chi connectivity index (χ0) is 24.4. The van der Waals surface area contributed by atoms with Gasteiger partial charge in [0.25, 0.3) is 0 Å². The number of nitrogens with zero attached hydrogens (tertiary/aromatic N) is 3. The van der Waals surface area contributed by atoms with Gasteiger partial charge in [-0.05, 0) is 56.4 Å². The van der Waals surface area contributed by atoms with Gasteiger partial charge in [-0.2, -0.15) is 0 Å². The van der Waals surface area contributed by atoms with Crippen molar-refractivity contribution in [2.75, 3.05) is 13.1 Å². The lowest BCUT2D eigenvalue weighted by Crippen LogP contribution is -2.43. The van der Waals surface area contributed by atoms with E-state index in [2.05, 4.69) is 68.4 Å². The van der Waals surface area contributed by atoms with E-state index in [4.69, 9.17) is 0 Å². The number of nitrogens with one attached hydrogen (secondary N) is 1. The Balaban J connectivity index is 0.00000304. The van der Waals surface area contributed by atoms with Crippen LogP contribution >= 0.6 is 17.0 Å². The number of benzene rings is 3. The van der Waals surface area contributed by atoms with E-state index in [1.165, 1.54) is 17.5 Å². The van der Waals surface area contributed by atoms with Crippen molar-refractivity contribution in [2.45, 2.75) is 52.1 Å². The number of hydrogen-bond acceptors (Lipinski definition) is 2. The maximum absolute atomic E-state index is 14.0. The zero-order valence-corrected chi connectivity index (χ0v) is 22.8. The smallest absolute Gasteiger partial charge is 0.246 e. The van der Waals surface area contributed by atoms with Crippen molar-refractivity contribution >= 4 is 33.9 Å². The molecular formula is C30H35BrN4O. The number of rotatable bonds is 6. The van der Waals surface area contributed by atoms with Crippen molar-refractivity contribution in [1.29, 1.82) is 5.41 Å². The number of para-hydroxylation sites is 2. The number of amides is 1. The van der Waals surface area contributed by atoms with Crippen LogP contribution in [0, 0.1) is 19.3 Å². The van der Waals surface area contributed by atoms with Gasteiger partial charge in [-0.15, -0.1) is 17.0 Å². The normalized spacial score (nSPS) is 14.4.